The second kappa shape index (κ2) is 3.68. The van der Waals surface area contributed by atoms with E-state index in [-0.39, 0.29) is 0 Å². The lowest BCUT2D eigenvalue weighted by atomic mass is 10.3. The normalized spacial score (nSPS) is 22.2. The topological polar surface area (TPSA) is 21.3 Å². The van der Waals surface area contributed by atoms with Crippen LogP contribution in [0.5, 0.6) is 5.75 Å². The Labute approximate surface area is 82.9 Å². The van der Waals surface area contributed by atoms with Crippen molar-refractivity contribution in [2.75, 3.05) is 13.1 Å². The number of hydrogen-bond donors (Lipinski definition) is 1. The highest BCUT2D eigenvalue weighted by molar-refractivity contribution is 7.12. The van der Waals surface area contributed by atoms with E-state index in [0.717, 1.165) is 25.3 Å². The van der Waals surface area contributed by atoms with Crippen LogP contribution in [-0.2, 0) is 0 Å². The molecule has 1 N–H and O–H groups in total. The van der Waals surface area contributed by atoms with Crippen LogP contribution in [0.25, 0.3) is 0 Å². The summed E-state index contributed by atoms with van der Waals surface area (Å²) in [6.45, 7) is 6.33. The largest absolute Gasteiger partial charge is 0.488 e. The first-order valence-corrected chi connectivity index (χ1v) is 5.52. The van der Waals surface area contributed by atoms with E-state index in [9.17, 15) is 0 Å². The molecule has 13 heavy (non-hydrogen) atoms. The van der Waals surface area contributed by atoms with Gasteiger partial charge < -0.3 is 10.1 Å². The Balaban J connectivity index is 2.03. The molecule has 0 aliphatic carbocycles. The fraction of sp³-hybridized carbons (Fsp3) is 0.600. The van der Waals surface area contributed by atoms with E-state index in [2.05, 4.69) is 25.2 Å². The van der Waals surface area contributed by atoms with E-state index >= 15 is 0 Å². The lowest BCUT2D eigenvalue weighted by Gasteiger charge is -2.11. The number of thiophene rings is 1. The van der Waals surface area contributed by atoms with Crippen molar-refractivity contribution in [3.8, 4) is 5.75 Å². The molecular weight excluding hydrogens is 182 g/mol. The molecule has 1 aromatic heterocycles. The van der Waals surface area contributed by atoms with Crippen LogP contribution in [0.1, 0.15) is 16.2 Å². The average Bonchev–Trinajstić information content (AvgIpc) is 2.63. The first-order valence-electron chi connectivity index (χ1n) is 4.70. The standard InChI is InChI=1S/C10H15NOS/c1-7-5-10(8(2)13-7)12-9-3-4-11-6-9/h5,9,11H,3-4,6H2,1-2H3. The minimum absolute atomic E-state index is 0.382. The van der Waals surface area contributed by atoms with Crippen molar-refractivity contribution in [2.24, 2.45) is 0 Å². The minimum atomic E-state index is 0.382. The predicted molar refractivity (Wildman–Crippen MR) is 55.7 cm³/mol. The Morgan fingerprint density at radius 3 is 2.92 bits per heavy atom. The smallest absolute Gasteiger partial charge is 0.133 e. The molecular formula is C10H15NOS. The van der Waals surface area contributed by atoms with Crippen molar-refractivity contribution in [3.05, 3.63) is 15.8 Å². The molecule has 0 aromatic carbocycles. The molecule has 0 saturated carbocycles. The van der Waals surface area contributed by atoms with Gasteiger partial charge in [0.2, 0.25) is 0 Å². The van der Waals surface area contributed by atoms with Crippen molar-refractivity contribution in [3.63, 3.8) is 0 Å². The molecule has 2 heterocycles. The van der Waals surface area contributed by atoms with E-state index in [1.54, 1.807) is 0 Å². The Bertz CT molecular complexity index is 289. The number of ether oxygens (including phenoxy) is 1. The third-order valence-electron chi connectivity index (χ3n) is 2.30. The monoisotopic (exact) mass is 197 g/mol. The van der Waals surface area contributed by atoms with E-state index < -0.39 is 0 Å². The zero-order valence-corrected chi connectivity index (χ0v) is 8.91. The van der Waals surface area contributed by atoms with Gasteiger partial charge in [0.15, 0.2) is 0 Å². The van der Waals surface area contributed by atoms with Crippen LogP contribution in [0, 0.1) is 13.8 Å². The van der Waals surface area contributed by atoms with Gasteiger partial charge in [-0.25, -0.2) is 0 Å². The average molecular weight is 197 g/mol. The molecule has 1 saturated heterocycles. The summed E-state index contributed by atoms with van der Waals surface area (Å²) in [5.74, 6) is 1.08. The van der Waals surface area contributed by atoms with Crippen LogP contribution in [0.4, 0.5) is 0 Å². The summed E-state index contributed by atoms with van der Waals surface area (Å²) in [4.78, 5) is 2.63. The first-order chi connectivity index (χ1) is 6.25. The van der Waals surface area contributed by atoms with Crippen molar-refractivity contribution in [2.45, 2.75) is 26.4 Å². The van der Waals surface area contributed by atoms with Crippen LogP contribution in [0.15, 0.2) is 6.07 Å². The maximum Gasteiger partial charge on any atom is 0.133 e. The van der Waals surface area contributed by atoms with Gasteiger partial charge in [-0.1, -0.05) is 0 Å². The zero-order valence-electron chi connectivity index (χ0n) is 8.09. The van der Waals surface area contributed by atoms with Crippen LogP contribution in [0.3, 0.4) is 0 Å². The molecule has 1 aliphatic rings. The van der Waals surface area contributed by atoms with Gasteiger partial charge in [0.25, 0.3) is 0 Å². The SMILES string of the molecule is Cc1cc(OC2CCNC2)c(C)s1. The molecule has 1 fully saturated rings. The molecule has 1 atom stereocenters. The van der Waals surface area contributed by atoms with Gasteiger partial charge in [-0.15, -0.1) is 11.3 Å². The van der Waals surface area contributed by atoms with Gasteiger partial charge >= 0.3 is 0 Å². The molecule has 1 aliphatic heterocycles. The third-order valence-corrected chi connectivity index (χ3v) is 3.25. The number of rotatable bonds is 2. The van der Waals surface area contributed by atoms with Gasteiger partial charge in [-0.2, -0.15) is 0 Å². The first kappa shape index (κ1) is 9.03. The number of hydrogen-bond acceptors (Lipinski definition) is 3. The summed E-state index contributed by atoms with van der Waals surface area (Å²) >= 11 is 1.81. The fourth-order valence-electron chi connectivity index (χ4n) is 1.63. The molecule has 2 rings (SSSR count). The van der Waals surface area contributed by atoms with Crippen molar-refractivity contribution in [1.82, 2.24) is 5.32 Å². The number of nitrogens with one attached hydrogen (secondary N) is 1. The van der Waals surface area contributed by atoms with E-state index in [4.69, 9.17) is 4.74 Å². The molecule has 1 aromatic rings. The summed E-state index contributed by atoms with van der Waals surface area (Å²) < 4.78 is 5.87. The second-order valence-electron chi connectivity index (χ2n) is 3.51. The van der Waals surface area contributed by atoms with Gasteiger partial charge in [0.05, 0.1) is 0 Å². The highest BCUT2D eigenvalue weighted by atomic mass is 32.1. The molecule has 0 radical (unpaired) electrons. The molecule has 0 spiro atoms. The molecule has 1 unspecified atom stereocenters. The number of aryl methyl sites for hydroxylation is 2. The van der Waals surface area contributed by atoms with Crippen LogP contribution < -0.4 is 10.1 Å². The second-order valence-corrected chi connectivity index (χ2v) is 4.97. The van der Waals surface area contributed by atoms with E-state index in [1.165, 1.54) is 9.75 Å². The van der Waals surface area contributed by atoms with Gasteiger partial charge in [0, 0.05) is 16.3 Å². The minimum Gasteiger partial charge on any atom is -0.488 e. The van der Waals surface area contributed by atoms with Gasteiger partial charge in [-0.3, -0.25) is 0 Å². The zero-order chi connectivity index (χ0) is 9.26. The highest BCUT2D eigenvalue weighted by Crippen LogP contribution is 2.29. The summed E-state index contributed by atoms with van der Waals surface area (Å²) in [6.07, 6.45) is 1.52. The summed E-state index contributed by atoms with van der Waals surface area (Å²) in [5, 5.41) is 3.30. The molecule has 72 valence electrons. The van der Waals surface area contributed by atoms with Crippen molar-refractivity contribution >= 4 is 11.3 Å². The molecule has 2 nitrogen and oxygen atoms in total. The lowest BCUT2D eigenvalue weighted by molar-refractivity contribution is 0.222. The van der Waals surface area contributed by atoms with Gasteiger partial charge in [0.1, 0.15) is 11.9 Å². The van der Waals surface area contributed by atoms with Crippen LogP contribution >= 0.6 is 11.3 Å². The predicted octanol–water partition coefficient (Wildman–Crippen LogP) is 2.11. The quantitative estimate of drug-likeness (QED) is 0.784. The van der Waals surface area contributed by atoms with E-state index in [0.29, 0.717) is 6.10 Å². The summed E-state index contributed by atoms with van der Waals surface area (Å²) in [6, 6.07) is 2.14. The van der Waals surface area contributed by atoms with Gasteiger partial charge in [-0.05, 0) is 32.9 Å². The van der Waals surface area contributed by atoms with Crippen LogP contribution in [-0.4, -0.2) is 19.2 Å². The van der Waals surface area contributed by atoms with Crippen LogP contribution in [0.2, 0.25) is 0 Å². The van der Waals surface area contributed by atoms with E-state index in [1.807, 2.05) is 11.3 Å². The molecule has 0 amide bonds. The Morgan fingerprint density at radius 1 is 1.54 bits per heavy atom. The lowest BCUT2D eigenvalue weighted by Crippen LogP contribution is -2.19. The Kier molecular flexibility index (Phi) is 2.56. The van der Waals surface area contributed by atoms with Crippen molar-refractivity contribution in [1.29, 1.82) is 0 Å². The molecule has 0 bridgehead atoms. The maximum absolute atomic E-state index is 5.87. The highest BCUT2D eigenvalue weighted by Gasteiger charge is 2.17. The summed E-state index contributed by atoms with van der Waals surface area (Å²) in [7, 11) is 0. The maximum atomic E-state index is 5.87. The summed E-state index contributed by atoms with van der Waals surface area (Å²) in [5.41, 5.74) is 0. The fourth-order valence-corrected chi connectivity index (χ4v) is 2.49. The Morgan fingerprint density at radius 2 is 2.38 bits per heavy atom. The third kappa shape index (κ3) is 2.03. The van der Waals surface area contributed by atoms with Crippen molar-refractivity contribution < 1.29 is 4.74 Å². The Hall–Kier alpha value is -0.540. The molecule has 3 heteroatoms.